The Labute approximate surface area is 157 Å². The molecule has 0 bridgehead atoms. The predicted octanol–water partition coefficient (Wildman–Crippen LogP) is 2.24. The van der Waals surface area contributed by atoms with Crippen LogP contribution in [0.25, 0.3) is 0 Å². The fraction of sp³-hybridized carbons (Fsp3) is 0.650. The first-order valence-corrected chi connectivity index (χ1v) is 9.55. The van der Waals surface area contributed by atoms with E-state index in [9.17, 15) is 5.11 Å². The van der Waals surface area contributed by atoms with Gasteiger partial charge in [-0.2, -0.15) is 0 Å². The third-order valence-corrected chi connectivity index (χ3v) is 4.76. The van der Waals surface area contributed by atoms with Crippen LogP contribution < -0.4 is 15.4 Å². The van der Waals surface area contributed by atoms with Crippen LogP contribution in [0.3, 0.4) is 0 Å². The number of aliphatic imine (C=N–C) groups is 1. The summed E-state index contributed by atoms with van der Waals surface area (Å²) in [6.45, 7) is 10.6. The van der Waals surface area contributed by atoms with E-state index in [1.807, 2.05) is 13.0 Å². The Hall–Kier alpha value is -1.79. The minimum atomic E-state index is 0.000664. The molecule has 1 aromatic carbocycles. The summed E-state index contributed by atoms with van der Waals surface area (Å²) in [5.41, 5.74) is 2.28. The third-order valence-electron chi connectivity index (χ3n) is 4.76. The van der Waals surface area contributed by atoms with E-state index in [1.54, 1.807) is 0 Å². The first-order chi connectivity index (χ1) is 12.6. The Balaban J connectivity index is 1.98. The molecule has 0 aromatic heterocycles. The Morgan fingerprint density at radius 2 is 2.19 bits per heavy atom. The topological polar surface area (TPSA) is 75.1 Å². The van der Waals surface area contributed by atoms with Gasteiger partial charge in [0.05, 0.1) is 19.8 Å². The molecule has 6 nitrogen and oxygen atoms in total. The van der Waals surface area contributed by atoms with Gasteiger partial charge in [0.2, 0.25) is 0 Å². The molecule has 1 atom stereocenters. The highest BCUT2D eigenvalue weighted by atomic mass is 16.5. The Kier molecular flexibility index (Phi) is 8.19. The molecule has 0 amide bonds. The highest BCUT2D eigenvalue weighted by Crippen LogP contribution is 2.31. The van der Waals surface area contributed by atoms with Crippen LogP contribution in [0.2, 0.25) is 0 Å². The van der Waals surface area contributed by atoms with Crippen molar-refractivity contribution in [1.29, 1.82) is 0 Å². The van der Waals surface area contributed by atoms with E-state index in [4.69, 9.17) is 14.5 Å². The first-order valence-electron chi connectivity index (χ1n) is 9.55. The molecule has 1 aromatic rings. The molecule has 1 aliphatic rings. The molecule has 2 rings (SSSR count). The minimum absolute atomic E-state index is 0.000664. The number of aliphatic hydroxyl groups excluding tert-OH is 1. The Morgan fingerprint density at radius 1 is 1.35 bits per heavy atom. The van der Waals surface area contributed by atoms with Gasteiger partial charge in [-0.1, -0.05) is 12.1 Å². The quantitative estimate of drug-likeness (QED) is 0.463. The van der Waals surface area contributed by atoms with Gasteiger partial charge in [0.15, 0.2) is 5.96 Å². The average Bonchev–Trinajstić information content (AvgIpc) is 3.09. The molecule has 1 aliphatic heterocycles. The lowest BCUT2D eigenvalue weighted by atomic mass is 9.84. The molecule has 146 valence electrons. The van der Waals surface area contributed by atoms with Crippen molar-refractivity contribution in [2.75, 3.05) is 39.5 Å². The fourth-order valence-electron chi connectivity index (χ4n) is 3.22. The van der Waals surface area contributed by atoms with Gasteiger partial charge in [0.25, 0.3) is 0 Å². The van der Waals surface area contributed by atoms with Crippen LogP contribution in [-0.2, 0) is 11.3 Å². The van der Waals surface area contributed by atoms with E-state index >= 15 is 0 Å². The number of rotatable bonds is 9. The molecule has 1 heterocycles. The Morgan fingerprint density at radius 3 is 2.81 bits per heavy atom. The van der Waals surface area contributed by atoms with Crippen LogP contribution in [0.15, 0.2) is 23.2 Å². The van der Waals surface area contributed by atoms with Crippen LogP contribution in [0, 0.1) is 12.3 Å². The number of nitrogens with zero attached hydrogens (tertiary/aromatic N) is 1. The molecule has 0 spiro atoms. The van der Waals surface area contributed by atoms with Crippen molar-refractivity contribution in [3.05, 3.63) is 29.3 Å². The van der Waals surface area contributed by atoms with Gasteiger partial charge in [-0.15, -0.1) is 0 Å². The second-order valence-electron chi connectivity index (χ2n) is 6.86. The van der Waals surface area contributed by atoms with Crippen LogP contribution in [0.5, 0.6) is 5.75 Å². The number of ether oxygens (including phenoxy) is 2. The lowest BCUT2D eigenvalue weighted by molar-refractivity contribution is 0.127. The second kappa shape index (κ2) is 10.4. The number of aliphatic hydroxyl groups is 1. The van der Waals surface area contributed by atoms with Crippen LogP contribution in [-0.4, -0.2) is 50.6 Å². The summed E-state index contributed by atoms with van der Waals surface area (Å²) in [7, 11) is 0. The Bertz CT molecular complexity index is 584. The van der Waals surface area contributed by atoms with Crippen molar-refractivity contribution in [3.63, 3.8) is 0 Å². The molecule has 1 fully saturated rings. The molecule has 0 saturated carbocycles. The maximum Gasteiger partial charge on any atom is 0.191 e. The SMILES string of the molecule is CCNC(=NCc1ccc(OCC)c(C)c1)NCC1(CCO)CCOC1. The molecule has 0 radical (unpaired) electrons. The van der Waals surface area contributed by atoms with Crippen molar-refractivity contribution in [1.82, 2.24) is 10.6 Å². The standard InChI is InChI=1S/C20H33N3O3/c1-4-21-19(23-14-20(8-10-24)9-11-25-15-20)22-13-17-6-7-18(26-5-2)16(3)12-17/h6-7,12,24H,4-5,8-11,13-15H2,1-3H3,(H2,21,22,23). The number of aryl methyl sites for hydroxylation is 1. The van der Waals surface area contributed by atoms with E-state index in [1.165, 1.54) is 0 Å². The second-order valence-corrected chi connectivity index (χ2v) is 6.86. The molecule has 26 heavy (non-hydrogen) atoms. The highest BCUT2D eigenvalue weighted by Gasteiger charge is 2.34. The maximum atomic E-state index is 9.36. The lowest BCUT2D eigenvalue weighted by Crippen LogP contribution is -2.44. The van der Waals surface area contributed by atoms with Crippen molar-refractivity contribution in [2.24, 2.45) is 10.4 Å². The molecule has 1 saturated heterocycles. The highest BCUT2D eigenvalue weighted by molar-refractivity contribution is 5.79. The average molecular weight is 364 g/mol. The van der Waals surface area contributed by atoms with E-state index in [2.05, 4.69) is 36.6 Å². The molecule has 6 heteroatoms. The van der Waals surface area contributed by atoms with E-state index in [0.717, 1.165) is 55.4 Å². The summed E-state index contributed by atoms with van der Waals surface area (Å²) < 4.78 is 11.1. The first kappa shape index (κ1) is 20.5. The van der Waals surface area contributed by atoms with Crippen LogP contribution in [0.1, 0.15) is 37.8 Å². The maximum absolute atomic E-state index is 9.36. The molecular formula is C20H33N3O3. The predicted molar refractivity (Wildman–Crippen MR) is 105 cm³/mol. The molecule has 3 N–H and O–H groups in total. The van der Waals surface area contributed by atoms with Gasteiger partial charge in [-0.3, -0.25) is 0 Å². The number of hydrogen-bond acceptors (Lipinski definition) is 4. The monoisotopic (exact) mass is 363 g/mol. The van der Waals surface area contributed by atoms with E-state index in [-0.39, 0.29) is 12.0 Å². The number of guanidine groups is 1. The lowest BCUT2D eigenvalue weighted by Gasteiger charge is -2.27. The van der Waals surface area contributed by atoms with Gasteiger partial charge >= 0.3 is 0 Å². The zero-order valence-electron chi connectivity index (χ0n) is 16.3. The minimum Gasteiger partial charge on any atom is -0.494 e. The zero-order valence-corrected chi connectivity index (χ0v) is 16.3. The van der Waals surface area contributed by atoms with Crippen molar-refractivity contribution < 1.29 is 14.6 Å². The number of nitrogens with one attached hydrogen (secondary N) is 2. The normalized spacial score (nSPS) is 20.2. The van der Waals surface area contributed by atoms with Gasteiger partial charge < -0.3 is 25.2 Å². The van der Waals surface area contributed by atoms with Gasteiger partial charge in [0, 0.05) is 31.7 Å². The summed E-state index contributed by atoms with van der Waals surface area (Å²) in [6.07, 6.45) is 1.72. The largest absolute Gasteiger partial charge is 0.494 e. The van der Waals surface area contributed by atoms with Gasteiger partial charge in [0.1, 0.15) is 5.75 Å². The molecular weight excluding hydrogens is 330 g/mol. The van der Waals surface area contributed by atoms with Crippen LogP contribution in [0.4, 0.5) is 0 Å². The van der Waals surface area contributed by atoms with Crippen molar-refractivity contribution in [3.8, 4) is 5.75 Å². The third kappa shape index (κ3) is 5.88. The summed E-state index contributed by atoms with van der Waals surface area (Å²) in [6, 6.07) is 6.19. The molecule has 0 aliphatic carbocycles. The fourth-order valence-corrected chi connectivity index (χ4v) is 3.22. The van der Waals surface area contributed by atoms with E-state index in [0.29, 0.717) is 19.8 Å². The van der Waals surface area contributed by atoms with Crippen LogP contribution >= 0.6 is 0 Å². The smallest absolute Gasteiger partial charge is 0.191 e. The van der Waals surface area contributed by atoms with Gasteiger partial charge in [-0.05, 0) is 50.8 Å². The van der Waals surface area contributed by atoms with E-state index < -0.39 is 0 Å². The molecule has 1 unspecified atom stereocenters. The van der Waals surface area contributed by atoms with Gasteiger partial charge in [-0.25, -0.2) is 4.99 Å². The van der Waals surface area contributed by atoms with Crippen molar-refractivity contribution >= 4 is 5.96 Å². The van der Waals surface area contributed by atoms with Crippen molar-refractivity contribution in [2.45, 2.75) is 40.2 Å². The summed E-state index contributed by atoms with van der Waals surface area (Å²) >= 11 is 0. The zero-order chi connectivity index (χ0) is 18.8. The number of hydrogen-bond donors (Lipinski definition) is 3. The summed E-state index contributed by atoms with van der Waals surface area (Å²) in [5, 5.41) is 16.1. The number of benzene rings is 1. The summed E-state index contributed by atoms with van der Waals surface area (Å²) in [4.78, 5) is 4.70. The summed E-state index contributed by atoms with van der Waals surface area (Å²) in [5.74, 6) is 1.72.